The maximum atomic E-state index is 12.4. The Morgan fingerprint density at radius 2 is 1.71 bits per heavy atom. The Balaban J connectivity index is 1.42. The molecule has 2 fully saturated rings. The first-order chi connectivity index (χ1) is 11.7. The van der Waals surface area contributed by atoms with Crippen LogP contribution in [0.15, 0.2) is 30.3 Å². The van der Waals surface area contributed by atoms with Crippen LogP contribution < -0.4 is 10.6 Å². The number of carbonyl (C=O) groups excluding carboxylic acids is 2. The number of hydrogen-bond acceptors (Lipinski definition) is 4. The number of rotatable bonds is 4. The van der Waals surface area contributed by atoms with Crippen molar-refractivity contribution in [2.24, 2.45) is 0 Å². The van der Waals surface area contributed by atoms with Crippen molar-refractivity contribution in [2.75, 3.05) is 45.8 Å². The van der Waals surface area contributed by atoms with Crippen molar-refractivity contribution in [3.63, 3.8) is 0 Å². The van der Waals surface area contributed by atoms with Crippen molar-refractivity contribution in [2.45, 2.75) is 18.9 Å². The highest BCUT2D eigenvalue weighted by molar-refractivity contribution is 5.94. The van der Waals surface area contributed by atoms with E-state index in [1.807, 2.05) is 35.2 Å². The van der Waals surface area contributed by atoms with Crippen LogP contribution in [0.5, 0.6) is 0 Å². The first kappa shape index (κ1) is 16.9. The van der Waals surface area contributed by atoms with E-state index in [0.717, 1.165) is 52.1 Å². The van der Waals surface area contributed by atoms with E-state index < -0.39 is 0 Å². The summed E-state index contributed by atoms with van der Waals surface area (Å²) in [6.07, 6.45) is 1.65. The number of amides is 2. The van der Waals surface area contributed by atoms with E-state index in [4.69, 9.17) is 0 Å². The van der Waals surface area contributed by atoms with Crippen molar-refractivity contribution >= 4 is 11.8 Å². The van der Waals surface area contributed by atoms with E-state index in [1.165, 1.54) is 0 Å². The molecule has 6 nitrogen and oxygen atoms in total. The molecule has 2 heterocycles. The average molecular weight is 330 g/mol. The number of nitrogens with one attached hydrogen (secondary N) is 2. The summed E-state index contributed by atoms with van der Waals surface area (Å²) in [5.74, 6) is 0.186. The second kappa shape index (κ2) is 8.26. The maximum absolute atomic E-state index is 12.4. The Kier molecular flexibility index (Phi) is 5.82. The summed E-state index contributed by atoms with van der Waals surface area (Å²) in [6, 6.07) is 9.43. The molecule has 24 heavy (non-hydrogen) atoms. The van der Waals surface area contributed by atoms with E-state index in [2.05, 4.69) is 15.5 Å². The van der Waals surface area contributed by atoms with Crippen molar-refractivity contribution < 1.29 is 9.59 Å². The SMILES string of the molecule is O=C(NC1CCN(C(=O)CN2CCNCC2)CC1)c1ccccc1. The molecule has 0 saturated carbocycles. The summed E-state index contributed by atoms with van der Waals surface area (Å²) in [6.45, 7) is 5.77. The number of nitrogens with zero attached hydrogens (tertiary/aromatic N) is 2. The van der Waals surface area contributed by atoms with Crippen molar-refractivity contribution in [3.05, 3.63) is 35.9 Å². The van der Waals surface area contributed by atoms with Gasteiger partial charge in [-0.25, -0.2) is 0 Å². The van der Waals surface area contributed by atoms with Crippen LogP contribution in [0.1, 0.15) is 23.2 Å². The Bertz CT molecular complexity index is 549. The molecule has 3 rings (SSSR count). The number of benzene rings is 1. The Hall–Kier alpha value is -1.92. The molecule has 2 aliphatic rings. The standard InChI is InChI=1S/C18H26N4O2/c23-17(14-21-12-8-19-9-13-21)22-10-6-16(7-11-22)20-18(24)15-4-2-1-3-5-15/h1-5,16,19H,6-14H2,(H,20,24). The largest absolute Gasteiger partial charge is 0.349 e. The van der Waals surface area contributed by atoms with E-state index in [9.17, 15) is 9.59 Å². The summed E-state index contributed by atoms with van der Waals surface area (Å²) in [5.41, 5.74) is 0.690. The molecule has 0 aromatic heterocycles. The fourth-order valence-electron chi connectivity index (χ4n) is 3.29. The first-order valence-corrected chi connectivity index (χ1v) is 8.79. The van der Waals surface area contributed by atoms with Gasteiger partial charge in [0.05, 0.1) is 6.54 Å². The lowest BCUT2D eigenvalue weighted by molar-refractivity contribution is -0.133. The van der Waals surface area contributed by atoms with E-state index in [1.54, 1.807) is 0 Å². The predicted octanol–water partition coefficient (Wildman–Crippen LogP) is 0.313. The first-order valence-electron chi connectivity index (χ1n) is 8.79. The highest BCUT2D eigenvalue weighted by Gasteiger charge is 2.25. The fourth-order valence-corrected chi connectivity index (χ4v) is 3.29. The van der Waals surface area contributed by atoms with Crippen LogP contribution in [0.4, 0.5) is 0 Å². The lowest BCUT2D eigenvalue weighted by Gasteiger charge is -2.34. The normalized spacial score (nSPS) is 19.9. The highest BCUT2D eigenvalue weighted by atomic mass is 16.2. The zero-order chi connectivity index (χ0) is 16.8. The molecule has 2 aliphatic heterocycles. The Morgan fingerprint density at radius 3 is 2.38 bits per heavy atom. The molecule has 2 amide bonds. The van der Waals surface area contributed by atoms with E-state index >= 15 is 0 Å². The predicted molar refractivity (Wildman–Crippen MR) is 92.8 cm³/mol. The Morgan fingerprint density at radius 1 is 1.04 bits per heavy atom. The molecule has 0 atom stereocenters. The van der Waals surface area contributed by atoms with Crippen molar-refractivity contribution in [1.82, 2.24) is 20.4 Å². The summed E-state index contributed by atoms with van der Waals surface area (Å²) >= 11 is 0. The molecule has 1 aromatic carbocycles. The third-order valence-electron chi connectivity index (χ3n) is 4.79. The van der Waals surface area contributed by atoms with Gasteiger partial charge in [0.15, 0.2) is 0 Å². The van der Waals surface area contributed by atoms with Crippen LogP contribution in [0, 0.1) is 0 Å². The third kappa shape index (κ3) is 4.55. The zero-order valence-electron chi connectivity index (χ0n) is 14.0. The number of carbonyl (C=O) groups is 2. The molecule has 0 radical (unpaired) electrons. The summed E-state index contributed by atoms with van der Waals surface area (Å²) < 4.78 is 0. The minimum absolute atomic E-state index is 0.0267. The third-order valence-corrected chi connectivity index (χ3v) is 4.79. The molecule has 2 saturated heterocycles. The van der Waals surface area contributed by atoms with Gasteiger partial charge in [0.25, 0.3) is 5.91 Å². The van der Waals surface area contributed by atoms with Gasteiger partial charge in [-0.1, -0.05) is 18.2 Å². The van der Waals surface area contributed by atoms with Gasteiger partial charge in [-0.2, -0.15) is 0 Å². The molecule has 2 N–H and O–H groups in total. The van der Waals surface area contributed by atoms with E-state index in [0.29, 0.717) is 12.1 Å². The van der Waals surface area contributed by atoms with Gasteiger partial charge in [-0.05, 0) is 25.0 Å². The van der Waals surface area contributed by atoms with E-state index in [-0.39, 0.29) is 17.9 Å². The quantitative estimate of drug-likeness (QED) is 0.834. The number of likely N-dealkylation sites (tertiary alicyclic amines) is 1. The van der Waals surface area contributed by atoms with Gasteiger partial charge in [0.2, 0.25) is 5.91 Å². The van der Waals surface area contributed by atoms with Crippen LogP contribution >= 0.6 is 0 Å². The summed E-state index contributed by atoms with van der Waals surface area (Å²) in [4.78, 5) is 28.7. The number of piperazine rings is 1. The van der Waals surface area contributed by atoms with Gasteiger partial charge in [-0.15, -0.1) is 0 Å². The molecular formula is C18H26N4O2. The molecule has 6 heteroatoms. The topological polar surface area (TPSA) is 64.7 Å². The van der Waals surface area contributed by atoms with Gasteiger partial charge >= 0.3 is 0 Å². The average Bonchev–Trinajstić information content (AvgIpc) is 2.64. The fraction of sp³-hybridized carbons (Fsp3) is 0.556. The minimum atomic E-state index is -0.0267. The van der Waals surface area contributed by atoms with Crippen LogP contribution in [-0.4, -0.2) is 73.5 Å². The summed E-state index contributed by atoms with van der Waals surface area (Å²) in [7, 11) is 0. The van der Waals surface area contributed by atoms with Crippen molar-refractivity contribution in [3.8, 4) is 0 Å². The van der Waals surface area contributed by atoms with Crippen molar-refractivity contribution in [1.29, 1.82) is 0 Å². The molecule has 0 spiro atoms. The van der Waals surface area contributed by atoms with Crippen LogP contribution in [0.25, 0.3) is 0 Å². The number of hydrogen-bond donors (Lipinski definition) is 2. The molecule has 130 valence electrons. The molecule has 0 aliphatic carbocycles. The monoisotopic (exact) mass is 330 g/mol. The lowest BCUT2D eigenvalue weighted by atomic mass is 10.0. The molecule has 0 unspecified atom stereocenters. The van der Waals surface area contributed by atoms with Gasteiger partial charge in [-0.3, -0.25) is 14.5 Å². The highest BCUT2D eigenvalue weighted by Crippen LogP contribution is 2.12. The van der Waals surface area contributed by atoms with Gasteiger partial charge < -0.3 is 15.5 Å². The zero-order valence-corrected chi connectivity index (χ0v) is 14.0. The smallest absolute Gasteiger partial charge is 0.251 e. The van der Waals surface area contributed by atoms with Crippen LogP contribution in [-0.2, 0) is 4.79 Å². The molecule has 1 aromatic rings. The van der Waals surface area contributed by atoms with Crippen LogP contribution in [0.3, 0.4) is 0 Å². The number of piperidine rings is 1. The second-order valence-corrected chi connectivity index (χ2v) is 6.52. The Labute approximate surface area is 143 Å². The molecule has 0 bridgehead atoms. The lowest BCUT2D eigenvalue weighted by Crippen LogP contribution is -2.51. The maximum Gasteiger partial charge on any atom is 0.251 e. The second-order valence-electron chi connectivity index (χ2n) is 6.52. The van der Waals surface area contributed by atoms with Crippen LogP contribution in [0.2, 0.25) is 0 Å². The van der Waals surface area contributed by atoms with Gasteiger partial charge in [0, 0.05) is 50.9 Å². The van der Waals surface area contributed by atoms with Gasteiger partial charge in [0.1, 0.15) is 0 Å². The molecular weight excluding hydrogens is 304 g/mol. The minimum Gasteiger partial charge on any atom is -0.349 e. The summed E-state index contributed by atoms with van der Waals surface area (Å²) in [5, 5.41) is 6.38.